The lowest BCUT2D eigenvalue weighted by molar-refractivity contribution is -0.161. The molecule has 0 bridgehead atoms. The maximum atomic E-state index is 13.1. The normalized spacial score (nSPS) is 20.6. The summed E-state index contributed by atoms with van der Waals surface area (Å²) in [6, 6.07) is 6.93. The molecule has 1 aliphatic heterocycles. The number of amides is 1. The fourth-order valence-corrected chi connectivity index (χ4v) is 5.04. The minimum absolute atomic E-state index is 0.132. The van der Waals surface area contributed by atoms with Gasteiger partial charge in [-0.1, -0.05) is 27.5 Å². The molecular formula is C20H18BrN3O4. The van der Waals surface area contributed by atoms with Crippen molar-refractivity contribution >= 4 is 38.7 Å². The third kappa shape index (κ3) is 2.37. The molecule has 8 heteroatoms. The Morgan fingerprint density at radius 2 is 2.14 bits per heavy atom. The summed E-state index contributed by atoms with van der Waals surface area (Å²) >= 11 is 3.52. The lowest BCUT2D eigenvalue weighted by Crippen LogP contribution is -2.54. The number of nitrogens with one attached hydrogen (secondary N) is 1. The monoisotopic (exact) mass is 443 g/mol. The van der Waals surface area contributed by atoms with Gasteiger partial charge in [-0.25, -0.2) is 0 Å². The Morgan fingerprint density at radius 1 is 1.32 bits per heavy atom. The van der Waals surface area contributed by atoms with Gasteiger partial charge in [0.25, 0.3) is 5.91 Å². The summed E-state index contributed by atoms with van der Waals surface area (Å²) in [6.07, 6.45) is 4.01. The average Bonchev–Trinajstić information content (AvgIpc) is 3.28. The van der Waals surface area contributed by atoms with E-state index in [1.807, 2.05) is 18.2 Å². The number of rotatable bonds is 3. The number of aromatic nitrogens is 2. The van der Waals surface area contributed by atoms with Crippen molar-refractivity contribution in [3.63, 3.8) is 0 Å². The van der Waals surface area contributed by atoms with Crippen LogP contribution in [0.5, 0.6) is 0 Å². The highest BCUT2D eigenvalue weighted by molar-refractivity contribution is 9.10. The van der Waals surface area contributed by atoms with Gasteiger partial charge in [-0.05, 0) is 43.0 Å². The van der Waals surface area contributed by atoms with Crippen LogP contribution in [0, 0.1) is 5.41 Å². The van der Waals surface area contributed by atoms with Gasteiger partial charge in [0.05, 0.1) is 17.7 Å². The van der Waals surface area contributed by atoms with Gasteiger partial charge in [-0.3, -0.25) is 9.59 Å². The fourth-order valence-electron chi connectivity index (χ4n) is 4.68. The molecule has 2 aliphatic rings. The van der Waals surface area contributed by atoms with Crippen LogP contribution in [0.2, 0.25) is 0 Å². The number of halogens is 1. The first-order valence-corrected chi connectivity index (χ1v) is 10.1. The summed E-state index contributed by atoms with van der Waals surface area (Å²) in [4.78, 5) is 30.6. The second-order valence-corrected chi connectivity index (χ2v) is 8.47. The number of hydrogen-bond donors (Lipinski definition) is 2. The molecule has 1 aliphatic carbocycles. The molecule has 1 unspecified atom stereocenters. The molecule has 2 aromatic heterocycles. The molecule has 3 heterocycles. The number of H-pyrrole nitrogens is 1. The second-order valence-electron chi connectivity index (χ2n) is 7.55. The summed E-state index contributed by atoms with van der Waals surface area (Å²) in [5.41, 5.74) is 1.89. The first kappa shape index (κ1) is 17.5. The van der Waals surface area contributed by atoms with Crippen molar-refractivity contribution in [3.8, 4) is 0 Å². The van der Waals surface area contributed by atoms with Crippen LogP contribution in [0.4, 0.5) is 0 Å². The Morgan fingerprint density at radius 3 is 2.79 bits per heavy atom. The summed E-state index contributed by atoms with van der Waals surface area (Å²) in [5.74, 6) is -1.04. The van der Waals surface area contributed by atoms with E-state index >= 15 is 0 Å². The number of fused-ring (bicyclic) bond motifs is 3. The van der Waals surface area contributed by atoms with E-state index in [-0.39, 0.29) is 11.7 Å². The summed E-state index contributed by atoms with van der Waals surface area (Å²) in [6.45, 7) is 0.436. The fraction of sp³-hybridized carbons (Fsp3) is 0.350. The summed E-state index contributed by atoms with van der Waals surface area (Å²) < 4.78 is 6.05. The molecule has 0 spiro atoms. The number of aromatic amines is 1. The van der Waals surface area contributed by atoms with Gasteiger partial charge in [0, 0.05) is 33.7 Å². The molecule has 1 saturated carbocycles. The molecule has 0 radical (unpaired) electrons. The summed E-state index contributed by atoms with van der Waals surface area (Å²) in [7, 11) is 0. The largest absolute Gasteiger partial charge is 0.481 e. The van der Waals surface area contributed by atoms with Gasteiger partial charge in [-0.2, -0.15) is 0 Å². The molecular weight excluding hydrogens is 426 g/mol. The molecule has 144 valence electrons. The van der Waals surface area contributed by atoms with Crippen molar-refractivity contribution < 1.29 is 19.2 Å². The number of carbonyl (C=O) groups is 2. The lowest BCUT2D eigenvalue weighted by atomic mass is 9.61. The van der Waals surface area contributed by atoms with Crippen LogP contribution in [0.25, 0.3) is 10.9 Å². The van der Waals surface area contributed by atoms with Crippen LogP contribution >= 0.6 is 15.9 Å². The number of hydrogen-bond acceptors (Lipinski definition) is 4. The zero-order valence-corrected chi connectivity index (χ0v) is 16.5. The first-order valence-electron chi connectivity index (χ1n) is 9.26. The Balaban J connectivity index is 1.70. The molecule has 7 nitrogen and oxygen atoms in total. The third-order valence-corrected chi connectivity index (χ3v) is 6.69. The van der Waals surface area contributed by atoms with E-state index in [9.17, 15) is 14.7 Å². The molecule has 1 fully saturated rings. The van der Waals surface area contributed by atoms with E-state index in [1.165, 1.54) is 12.3 Å². The number of nitrogens with zero attached hydrogens (tertiary/aromatic N) is 2. The number of carboxylic acid groups (broad SMARTS) is 1. The molecule has 1 aromatic carbocycles. The van der Waals surface area contributed by atoms with Crippen LogP contribution in [0.15, 0.2) is 39.5 Å². The Labute approximate surface area is 168 Å². The highest BCUT2D eigenvalue weighted by Gasteiger charge is 2.56. The maximum Gasteiger partial charge on any atom is 0.312 e. The van der Waals surface area contributed by atoms with Gasteiger partial charge in [-0.15, -0.1) is 0 Å². The van der Waals surface area contributed by atoms with Crippen molar-refractivity contribution in [1.29, 1.82) is 0 Å². The number of carbonyl (C=O) groups excluding carboxylic acids is 1. The SMILES string of the molecule is O=C(c1ccno1)N1CCc2c([nH]c3ccc(Br)cc23)C1C1(C(=O)O)CCC1. The average molecular weight is 444 g/mol. The highest BCUT2D eigenvalue weighted by atomic mass is 79.9. The van der Waals surface area contributed by atoms with E-state index in [4.69, 9.17) is 4.52 Å². The van der Waals surface area contributed by atoms with Gasteiger partial charge < -0.3 is 19.5 Å². The smallest absolute Gasteiger partial charge is 0.312 e. The van der Waals surface area contributed by atoms with E-state index < -0.39 is 17.4 Å². The van der Waals surface area contributed by atoms with Crippen molar-refractivity contribution in [2.75, 3.05) is 6.54 Å². The van der Waals surface area contributed by atoms with E-state index in [0.717, 1.165) is 33.1 Å². The van der Waals surface area contributed by atoms with E-state index in [2.05, 4.69) is 26.1 Å². The topological polar surface area (TPSA) is 99.4 Å². The van der Waals surface area contributed by atoms with Crippen LogP contribution in [-0.4, -0.2) is 38.6 Å². The minimum atomic E-state index is -0.983. The first-order chi connectivity index (χ1) is 13.5. The molecule has 3 aromatic rings. The van der Waals surface area contributed by atoms with E-state index in [0.29, 0.717) is 25.8 Å². The molecule has 2 N–H and O–H groups in total. The second kappa shape index (κ2) is 6.20. The van der Waals surface area contributed by atoms with Crippen molar-refractivity contribution in [1.82, 2.24) is 15.0 Å². The zero-order valence-electron chi connectivity index (χ0n) is 14.9. The lowest BCUT2D eigenvalue weighted by Gasteiger charge is -2.50. The van der Waals surface area contributed by atoms with Crippen LogP contribution < -0.4 is 0 Å². The van der Waals surface area contributed by atoms with Crippen molar-refractivity contribution in [3.05, 3.63) is 52.0 Å². The standard InChI is InChI=1S/C20H18BrN3O4/c21-11-2-3-14-13(10-11)12-5-9-24(18(25)15-4-8-22-28-15)17(16(12)23-14)20(19(26)27)6-1-7-20/h2-4,8,10,17,23H,1,5-7,9H2,(H,26,27). The molecule has 1 atom stereocenters. The Kier molecular flexibility index (Phi) is 3.87. The molecule has 28 heavy (non-hydrogen) atoms. The number of aliphatic carboxylic acids is 1. The Bertz CT molecular complexity index is 1080. The molecule has 5 rings (SSSR count). The predicted octanol–water partition coefficient (Wildman–Crippen LogP) is 3.91. The number of carboxylic acids is 1. The van der Waals surface area contributed by atoms with Crippen molar-refractivity contribution in [2.45, 2.75) is 31.7 Å². The highest BCUT2D eigenvalue weighted by Crippen LogP contribution is 2.55. The molecule has 1 amide bonds. The van der Waals surface area contributed by atoms with Crippen LogP contribution in [-0.2, 0) is 11.2 Å². The Hall–Kier alpha value is -2.61. The van der Waals surface area contributed by atoms with Gasteiger partial charge in [0.1, 0.15) is 0 Å². The van der Waals surface area contributed by atoms with Crippen LogP contribution in [0.3, 0.4) is 0 Å². The zero-order chi connectivity index (χ0) is 19.5. The number of benzene rings is 1. The maximum absolute atomic E-state index is 13.1. The quantitative estimate of drug-likeness (QED) is 0.638. The minimum Gasteiger partial charge on any atom is -0.481 e. The predicted molar refractivity (Wildman–Crippen MR) is 104 cm³/mol. The van der Waals surface area contributed by atoms with Gasteiger partial charge >= 0.3 is 5.97 Å². The third-order valence-electron chi connectivity index (χ3n) is 6.19. The summed E-state index contributed by atoms with van der Waals surface area (Å²) in [5, 5.41) is 14.8. The van der Waals surface area contributed by atoms with Crippen LogP contribution in [0.1, 0.15) is 47.1 Å². The van der Waals surface area contributed by atoms with Crippen molar-refractivity contribution in [2.24, 2.45) is 5.41 Å². The van der Waals surface area contributed by atoms with Gasteiger partial charge in [0.2, 0.25) is 5.76 Å². The molecule has 0 saturated heterocycles. The van der Waals surface area contributed by atoms with Gasteiger partial charge in [0.15, 0.2) is 0 Å². The van der Waals surface area contributed by atoms with E-state index in [1.54, 1.807) is 4.90 Å².